The maximum Gasteiger partial charge on any atom is 0.183 e. The first-order valence-electron chi connectivity index (χ1n) is 5.03. The molecular weight excluding hydrogens is 208 g/mol. The van der Waals surface area contributed by atoms with Gasteiger partial charge in [0.05, 0.1) is 25.9 Å². The lowest BCUT2D eigenvalue weighted by atomic mass is 10.2. The summed E-state index contributed by atoms with van der Waals surface area (Å²) in [6, 6.07) is 1.84. The van der Waals surface area contributed by atoms with Crippen molar-refractivity contribution in [2.45, 2.75) is 6.04 Å². The normalized spacial score (nSPS) is 20.5. The Labute approximate surface area is 93.1 Å². The van der Waals surface area contributed by atoms with Crippen molar-refractivity contribution < 1.29 is 9.84 Å². The predicted octanol–water partition coefficient (Wildman–Crippen LogP) is -0.454. The minimum absolute atomic E-state index is 0.0263. The molecule has 1 atom stereocenters. The van der Waals surface area contributed by atoms with Gasteiger partial charge in [0.15, 0.2) is 11.5 Å². The quantitative estimate of drug-likeness (QED) is 0.726. The Hall–Kier alpha value is -1.71. The van der Waals surface area contributed by atoms with Crippen LogP contribution in [0.2, 0.25) is 0 Å². The topological polar surface area (TPSA) is 82.3 Å². The average molecular weight is 220 g/mol. The van der Waals surface area contributed by atoms with Crippen LogP contribution in [0.5, 0.6) is 0 Å². The van der Waals surface area contributed by atoms with Crippen molar-refractivity contribution in [1.82, 2.24) is 9.97 Å². The summed E-state index contributed by atoms with van der Waals surface area (Å²) < 4.78 is 5.27. The van der Waals surface area contributed by atoms with E-state index >= 15 is 0 Å². The number of nitriles is 1. The van der Waals surface area contributed by atoms with Crippen LogP contribution in [0.1, 0.15) is 5.69 Å². The number of anilines is 1. The van der Waals surface area contributed by atoms with Gasteiger partial charge in [-0.15, -0.1) is 0 Å². The van der Waals surface area contributed by atoms with Crippen molar-refractivity contribution in [2.75, 3.05) is 31.3 Å². The van der Waals surface area contributed by atoms with E-state index in [1.54, 1.807) is 6.20 Å². The molecule has 0 spiro atoms. The number of aliphatic hydroxyl groups is 1. The van der Waals surface area contributed by atoms with Gasteiger partial charge < -0.3 is 14.7 Å². The summed E-state index contributed by atoms with van der Waals surface area (Å²) >= 11 is 0. The van der Waals surface area contributed by atoms with Gasteiger partial charge in [-0.1, -0.05) is 0 Å². The molecule has 1 saturated heterocycles. The molecule has 1 aromatic rings. The van der Waals surface area contributed by atoms with Crippen molar-refractivity contribution >= 4 is 5.82 Å². The standard InChI is InChI=1S/C10H12N4O2/c11-5-9-10(13-2-1-12-9)14-3-4-16-7-8(14)6-15/h1-2,8,15H,3-4,6-7H2. The molecule has 0 radical (unpaired) electrons. The number of morpholine rings is 1. The summed E-state index contributed by atoms with van der Waals surface area (Å²) in [5.74, 6) is 0.521. The van der Waals surface area contributed by atoms with E-state index in [0.29, 0.717) is 25.6 Å². The molecule has 0 bridgehead atoms. The van der Waals surface area contributed by atoms with Gasteiger partial charge in [0, 0.05) is 18.9 Å². The Kier molecular flexibility index (Phi) is 3.29. The lowest BCUT2D eigenvalue weighted by Gasteiger charge is -2.35. The first-order chi connectivity index (χ1) is 7.86. The Balaban J connectivity index is 2.31. The molecule has 0 saturated carbocycles. The van der Waals surface area contributed by atoms with Gasteiger partial charge in [-0.3, -0.25) is 0 Å². The zero-order chi connectivity index (χ0) is 11.4. The summed E-state index contributed by atoms with van der Waals surface area (Å²) in [4.78, 5) is 9.97. The third-order valence-corrected chi connectivity index (χ3v) is 2.50. The Bertz CT molecular complexity index is 404. The number of hydrogen-bond acceptors (Lipinski definition) is 6. The number of hydrogen-bond donors (Lipinski definition) is 1. The van der Waals surface area contributed by atoms with Gasteiger partial charge in [-0.25, -0.2) is 9.97 Å². The van der Waals surface area contributed by atoms with Gasteiger partial charge in [-0.05, 0) is 0 Å². The molecule has 1 unspecified atom stereocenters. The number of nitrogens with zero attached hydrogens (tertiary/aromatic N) is 4. The number of ether oxygens (including phenoxy) is 1. The fraction of sp³-hybridized carbons (Fsp3) is 0.500. The summed E-state index contributed by atoms with van der Waals surface area (Å²) in [7, 11) is 0. The molecule has 1 N–H and O–H groups in total. The van der Waals surface area contributed by atoms with Crippen LogP contribution in [0.15, 0.2) is 12.4 Å². The van der Waals surface area contributed by atoms with Crippen LogP contribution >= 0.6 is 0 Å². The molecule has 0 aromatic carbocycles. The van der Waals surface area contributed by atoms with E-state index in [2.05, 4.69) is 9.97 Å². The molecule has 0 amide bonds. The van der Waals surface area contributed by atoms with E-state index in [9.17, 15) is 5.11 Å². The maximum atomic E-state index is 9.23. The van der Waals surface area contributed by atoms with Gasteiger partial charge in [0.2, 0.25) is 0 Å². The molecule has 2 rings (SSSR count). The molecule has 0 aliphatic carbocycles. The molecular formula is C10H12N4O2. The monoisotopic (exact) mass is 220 g/mol. The minimum atomic E-state index is -0.155. The first kappa shape index (κ1) is 10.8. The fourth-order valence-electron chi connectivity index (χ4n) is 1.70. The summed E-state index contributed by atoms with van der Waals surface area (Å²) in [6.45, 7) is 1.59. The molecule has 1 aliphatic heterocycles. The van der Waals surface area contributed by atoms with Crippen LogP contribution in [0.4, 0.5) is 5.82 Å². The third kappa shape index (κ3) is 1.96. The largest absolute Gasteiger partial charge is 0.394 e. The van der Waals surface area contributed by atoms with Crippen LogP contribution in [0, 0.1) is 11.3 Å². The van der Waals surface area contributed by atoms with Crippen LogP contribution in [-0.4, -0.2) is 47.5 Å². The van der Waals surface area contributed by atoms with Gasteiger partial charge in [-0.2, -0.15) is 5.26 Å². The second-order valence-corrected chi connectivity index (χ2v) is 3.45. The van der Waals surface area contributed by atoms with Crippen LogP contribution in [-0.2, 0) is 4.74 Å². The smallest absolute Gasteiger partial charge is 0.183 e. The molecule has 1 aliphatic rings. The van der Waals surface area contributed by atoms with Crippen molar-refractivity contribution in [3.8, 4) is 6.07 Å². The van der Waals surface area contributed by atoms with Gasteiger partial charge in [0.1, 0.15) is 6.07 Å². The molecule has 1 aromatic heterocycles. The van der Waals surface area contributed by atoms with Crippen LogP contribution < -0.4 is 4.90 Å². The fourth-order valence-corrected chi connectivity index (χ4v) is 1.70. The molecule has 2 heterocycles. The van der Waals surface area contributed by atoms with E-state index in [-0.39, 0.29) is 18.3 Å². The van der Waals surface area contributed by atoms with Crippen molar-refractivity contribution in [3.63, 3.8) is 0 Å². The average Bonchev–Trinajstić information content (AvgIpc) is 2.38. The first-order valence-corrected chi connectivity index (χ1v) is 5.03. The second-order valence-electron chi connectivity index (χ2n) is 3.45. The van der Waals surface area contributed by atoms with E-state index < -0.39 is 0 Å². The summed E-state index contributed by atoms with van der Waals surface area (Å²) in [5.41, 5.74) is 0.280. The summed E-state index contributed by atoms with van der Waals surface area (Å²) in [6.07, 6.45) is 3.02. The predicted molar refractivity (Wildman–Crippen MR) is 55.8 cm³/mol. The van der Waals surface area contributed by atoms with Crippen LogP contribution in [0.3, 0.4) is 0 Å². The molecule has 84 valence electrons. The highest BCUT2D eigenvalue weighted by Crippen LogP contribution is 2.19. The third-order valence-electron chi connectivity index (χ3n) is 2.50. The zero-order valence-electron chi connectivity index (χ0n) is 8.70. The summed E-state index contributed by atoms with van der Waals surface area (Å²) in [5, 5.41) is 18.2. The lowest BCUT2D eigenvalue weighted by Crippen LogP contribution is -2.48. The van der Waals surface area contributed by atoms with E-state index in [0.717, 1.165) is 0 Å². The minimum Gasteiger partial charge on any atom is -0.394 e. The maximum absolute atomic E-state index is 9.23. The Morgan fingerprint density at radius 3 is 3.12 bits per heavy atom. The van der Waals surface area contributed by atoms with Gasteiger partial charge in [0.25, 0.3) is 0 Å². The zero-order valence-corrected chi connectivity index (χ0v) is 8.70. The van der Waals surface area contributed by atoms with Crippen molar-refractivity contribution in [1.29, 1.82) is 5.26 Å². The number of rotatable bonds is 2. The van der Waals surface area contributed by atoms with E-state index in [4.69, 9.17) is 10.00 Å². The van der Waals surface area contributed by atoms with E-state index in [1.165, 1.54) is 6.20 Å². The molecule has 16 heavy (non-hydrogen) atoms. The lowest BCUT2D eigenvalue weighted by molar-refractivity contribution is 0.0722. The molecule has 1 fully saturated rings. The number of aromatic nitrogens is 2. The number of aliphatic hydroxyl groups excluding tert-OH is 1. The van der Waals surface area contributed by atoms with Crippen molar-refractivity contribution in [2.24, 2.45) is 0 Å². The van der Waals surface area contributed by atoms with Crippen LogP contribution in [0.25, 0.3) is 0 Å². The Morgan fingerprint density at radius 1 is 1.56 bits per heavy atom. The molecule has 6 heteroatoms. The van der Waals surface area contributed by atoms with Crippen molar-refractivity contribution in [3.05, 3.63) is 18.1 Å². The Morgan fingerprint density at radius 2 is 2.38 bits per heavy atom. The van der Waals surface area contributed by atoms with Gasteiger partial charge >= 0.3 is 0 Å². The highest BCUT2D eigenvalue weighted by molar-refractivity contribution is 5.50. The molecule has 6 nitrogen and oxygen atoms in total. The van der Waals surface area contributed by atoms with E-state index in [1.807, 2.05) is 11.0 Å². The highest BCUT2D eigenvalue weighted by Gasteiger charge is 2.25. The highest BCUT2D eigenvalue weighted by atomic mass is 16.5. The SMILES string of the molecule is N#Cc1nccnc1N1CCOCC1CO. The second kappa shape index (κ2) is 4.88.